The van der Waals surface area contributed by atoms with Crippen molar-refractivity contribution in [3.8, 4) is 0 Å². The molecule has 1 N–H and O–H groups in total. The highest BCUT2D eigenvalue weighted by atomic mass is 16.7. The first-order valence-electron chi connectivity index (χ1n) is 9.95. The molecule has 1 heterocycles. The third kappa shape index (κ3) is 1.26. The molecule has 0 aromatic heterocycles. The van der Waals surface area contributed by atoms with Gasteiger partial charge in [-0.2, -0.15) is 0 Å². The lowest BCUT2D eigenvalue weighted by molar-refractivity contribution is -0.264. The minimum Gasteiger partial charge on any atom is -0.347 e. The van der Waals surface area contributed by atoms with Crippen LogP contribution in [-0.2, 0) is 15.9 Å². The highest BCUT2D eigenvalue weighted by Gasteiger charge is 2.88. The predicted octanol–water partition coefficient (Wildman–Crippen LogP) is 2.32. The Hall–Kier alpha value is -0.900. The van der Waals surface area contributed by atoms with Gasteiger partial charge in [-0.15, -0.1) is 0 Å². The zero-order valence-electron chi connectivity index (χ0n) is 13.9. The first-order valence-corrected chi connectivity index (χ1v) is 9.95. The summed E-state index contributed by atoms with van der Waals surface area (Å²) in [6.45, 7) is 2.77. The number of rotatable bonds is 4. The second kappa shape index (κ2) is 4.25. The number of ether oxygens (including phenoxy) is 2. The van der Waals surface area contributed by atoms with E-state index in [2.05, 4.69) is 35.6 Å². The van der Waals surface area contributed by atoms with E-state index in [1.807, 2.05) is 0 Å². The zero-order valence-corrected chi connectivity index (χ0v) is 13.9. The Morgan fingerprint density at radius 2 is 1.75 bits per heavy atom. The summed E-state index contributed by atoms with van der Waals surface area (Å²) in [5.74, 6) is 6.77. The van der Waals surface area contributed by atoms with Crippen molar-refractivity contribution >= 4 is 0 Å². The summed E-state index contributed by atoms with van der Waals surface area (Å²) < 4.78 is 12.7. The maximum atomic E-state index is 6.34. The summed E-state index contributed by atoms with van der Waals surface area (Å²) in [6.07, 6.45) is 2.62. The molecule has 7 rings (SSSR count). The Labute approximate surface area is 143 Å². The van der Waals surface area contributed by atoms with Crippen LogP contribution in [0.1, 0.15) is 12.0 Å². The molecule has 1 aliphatic heterocycles. The average molecular weight is 323 g/mol. The van der Waals surface area contributed by atoms with Gasteiger partial charge in [-0.05, 0) is 60.5 Å². The van der Waals surface area contributed by atoms with Crippen LogP contribution in [0.15, 0.2) is 30.3 Å². The van der Waals surface area contributed by atoms with Crippen molar-refractivity contribution in [2.75, 3.05) is 19.8 Å². The van der Waals surface area contributed by atoms with E-state index in [1.54, 1.807) is 0 Å². The van der Waals surface area contributed by atoms with Crippen molar-refractivity contribution in [3.05, 3.63) is 35.9 Å². The Balaban J connectivity index is 1.15. The summed E-state index contributed by atoms with van der Waals surface area (Å²) in [7, 11) is 0. The molecule has 5 aliphatic carbocycles. The van der Waals surface area contributed by atoms with Gasteiger partial charge in [0.25, 0.3) is 0 Å². The molecular weight excluding hydrogens is 298 g/mol. The van der Waals surface area contributed by atoms with Crippen LogP contribution in [0.5, 0.6) is 0 Å². The lowest BCUT2D eigenvalue weighted by atomic mass is 9.57. The van der Waals surface area contributed by atoms with Crippen molar-refractivity contribution in [1.82, 2.24) is 5.32 Å². The molecular formula is C21H25NO2. The molecule has 1 saturated heterocycles. The fourth-order valence-electron chi connectivity index (χ4n) is 8.61. The van der Waals surface area contributed by atoms with E-state index in [0.29, 0.717) is 11.8 Å². The molecule has 1 aromatic rings. The average Bonchev–Trinajstić information content (AvgIpc) is 3.27. The molecule has 9 unspecified atom stereocenters. The molecule has 126 valence electrons. The Bertz CT molecular complexity index is 684. The molecule has 6 aliphatic rings. The third-order valence-electron chi connectivity index (χ3n) is 8.76. The van der Waals surface area contributed by atoms with Gasteiger partial charge < -0.3 is 14.8 Å². The molecule has 24 heavy (non-hydrogen) atoms. The first kappa shape index (κ1) is 13.3. The second-order valence-electron chi connectivity index (χ2n) is 9.06. The minimum absolute atomic E-state index is 0.149. The van der Waals surface area contributed by atoms with Crippen LogP contribution in [0.3, 0.4) is 0 Å². The van der Waals surface area contributed by atoms with Crippen molar-refractivity contribution in [2.45, 2.75) is 24.7 Å². The summed E-state index contributed by atoms with van der Waals surface area (Å²) in [5.41, 5.74) is 1.45. The highest BCUT2D eigenvalue weighted by Crippen LogP contribution is 2.86. The summed E-state index contributed by atoms with van der Waals surface area (Å²) in [6, 6.07) is 11.6. The van der Waals surface area contributed by atoms with Crippen molar-refractivity contribution < 1.29 is 9.47 Å². The van der Waals surface area contributed by atoms with Gasteiger partial charge in [0, 0.05) is 17.9 Å². The lowest BCUT2D eigenvalue weighted by Crippen LogP contribution is -2.62. The number of benzene rings is 1. The van der Waals surface area contributed by atoms with E-state index in [4.69, 9.17) is 9.47 Å². The molecule has 6 fully saturated rings. The van der Waals surface area contributed by atoms with E-state index in [9.17, 15) is 0 Å². The molecule has 2 bridgehead atoms. The van der Waals surface area contributed by atoms with Crippen LogP contribution in [-0.4, -0.2) is 31.6 Å². The molecule has 3 nitrogen and oxygen atoms in total. The number of fused-ring (bicyclic) bond motifs is 4. The largest absolute Gasteiger partial charge is 0.347 e. The summed E-state index contributed by atoms with van der Waals surface area (Å²) in [5, 5.41) is 4.00. The summed E-state index contributed by atoms with van der Waals surface area (Å²) >= 11 is 0. The van der Waals surface area contributed by atoms with Crippen LogP contribution in [0.25, 0.3) is 0 Å². The van der Waals surface area contributed by atoms with Gasteiger partial charge in [0.15, 0.2) is 5.79 Å². The monoisotopic (exact) mass is 323 g/mol. The van der Waals surface area contributed by atoms with Crippen molar-refractivity contribution in [2.24, 2.45) is 47.3 Å². The van der Waals surface area contributed by atoms with Crippen LogP contribution in [0.2, 0.25) is 0 Å². The van der Waals surface area contributed by atoms with E-state index in [-0.39, 0.29) is 5.79 Å². The van der Waals surface area contributed by atoms with E-state index in [0.717, 1.165) is 67.7 Å². The highest BCUT2D eigenvalue weighted by molar-refractivity contribution is 5.34. The van der Waals surface area contributed by atoms with E-state index in [1.165, 1.54) is 12.0 Å². The van der Waals surface area contributed by atoms with Gasteiger partial charge in [0.05, 0.1) is 13.2 Å². The Kier molecular flexibility index (Phi) is 2.36. The molecule has 1 spiro atoms. The van der Waals surface area contributed by atoms with Gasteiger partial charge in [-0.25, -0.2) is 0 Å². The molecule has 1 aromatic carbocycles. The van der Waals surface area contributed by atoms with Gasteiger partial charge >= 0.3 is 0 Å². The quantitative estimate of drug-likeness (QED) is 0.922. The predicted molar refractivity (Wildman–Crippen MR) is 89.1 cm³/mol. The van der Waals surface area contributed by atoms with E-state index >= 15 is 0 Å². The van der Waals surface area contributed by atoms with Crippen LogP contribution >= 0.6 is 0 Å². The third-order valence-corrected chi connectivity index (χ3v) is 8.76. The van der Waals surface area contributed by atoms with Gasteiger partial charge in [-0.3, -0.25) is 0 Å². The van der Waals surface area contributed by atoms with Crippen LogP contribution < -0.4 is 5.32 Å². The number of hydrogen-bond acceptors (Lipinski definition) is 3. The fraction of sp³-hybridized carbons (Fsp3) is 0.714. The molecule has 0 amide bonds. The normalized spacial score (nSPS) is 53.4. The maximum absolute atomic E-state index is 6.34. The van der Waals surface area contributed by atoms with Gasteiger partial charge in [0.2, 0.25) is 0 Å². The summed E-state index contributed by atoms with van der Waals surface area (Å²) in [4.78, 5) is 0. The van der Waals surface area contributed by atoms with Gasteiger partial charge in [-0.1, -0.05) is 30.3 Å². The molecule has 9 atom stereocenters. The number of hydrogen-bond donors (Lipinski definition) is 1. The Morgan fingerprint density at radius 3 is 2.58 bits per heavy atom. The standard InChI is InChI=1S/C21H25NO2/c1-2-4-11(5-3-1)6-7-22-20-16-12-10-13-15-14(12)17(20)19(15)21(18(13)16)23-8-9-24-21/h1-5,12-20,22H,6-10H2. The van der Waals surface area contributed by atoms with Crippen molar-refractivity contribution in [3.63, 3.8) is 0 Å². The van der Waals surface area contributed by atoms with E-state index < -0.39 is 0 Å². The van der Waals surface area contributed by atoms with Crippen LogP contribution in [0, 0.1) is 47.3 Å². The first-order chi connectivity index (χ1) is 11.9. The molecule has 5 saturated carbocycles. The van der Waals surface area contributed by atoms with Crippen LogP contribution in [0.4, 0.5) is 0 Å². The Morgan fingerprint density at radius 1 is 0.917 bits per heavy atom. The second-order valence-corrected chi connectivity index (χ2v) is 9.06. The lowest BCUT2D eigenvalue weighted by Gasteiger charge is -2.54. The fourth-order valence-corrected chi connectivity index (χ4v) is 8.61. The SMILES string of the molecule is c1ccc(CCNC2C3C4CC5C6C4C2C6C2(OCCO2)C53)cc1. The minimum atomic E-state index is -0.149. The molecule has 0 radical (unpaired) electrons. The molecule has 3 heteroatoms. The topological polar surface area (TPSA) is 30.5 Å². The smallest absolute Gasteiger partial charge is 0.175 e. The van der Waals surface area contributed by atoms with Crippen molar-refractivity contribution in [1.29, 1.82) is 0 Å². The maximum Gasteiger partial charge on any atom is 0.175 e. The number of nitrogens with one attached hydrogen (secondary N) is 1. The zero-order chi connectivity index (χ0) is 15.5. The van der Waals surface area contributed by atoms with Gasteiger partial charge in [0.1, 0.15) is 0 Å².